The number of nitrogens with one attached hydrogen (secondary N) is 1. The van der Waals surface area contributed by atoms with E-state index in [1.807, 2.05) is 32.1 Å². The molecule has 0 saturated carbocycles. The Morgan fingerprint density at radius 3 is 2.09 bits per heavy atom. The van der Waals surface area contributed by atoms with Gasteiger partial charge in [-0.25, -0.2) is 0 Å². The van der Waals surface area contributed by atoms with Crippen LogP contribution in [0.2, 0.25) is 0 Å². The quantitative estimate of drug-likeness (QED) is 0.665. The van der Waals surface area contributed by atoms with Gasteiger partial charge in [0.05, 0.1) is 0 Å². The Labute approximate surface area is 130 Å². The number of rotatable bonds is 5. The SMILES string of the molecule is CCc1cc(C(C#N)(C#N)OC)c(CC)cc1C(=C=N)C#N. The van der Waals surface area contributed by atoms with E-state index < -0.39 is 5.60 Å². The molecule has 0 fully saturated rings. The van der Waals surface area contributed by atoms with Gasteiger partial charge in [-0.15, -0.1) is 0 Å². The Hall–Kier alpha value is -2.90. The number of allylic oxidation sites excluding steroid dienone is 1. The molecular weight excluding hydrogens is 276 g/mol. The molecule has 0 unspecified atom stereocenters. The number of nitriles is 3. The first-order chi connectivity index (χ1) is 10.6. The van der Waals surface area contributed by atoms with Crippen molar-refractivity contribution >= 4 is 11.4 Å². The number of hydrogen-bond donors (Lipinski definition) is 1. The van der Waals surface area contributed by atoms with E-state index in [-0.39, 0.29) is 5.57 Å². The van der Waals surface area contributed by atoms with Gasteiger partial charge in [-0.1, -0.05) is 13.8 Å². The van der Waals surface area contributed by atoms with Gasteiger partial charge in [-0.05, 0) is 42.0 Å². The average molecular weight is 292 g/mol. The van der Waals surface area contributed by atoms with E-state index in [9.17, 15) is 10.5 Å². The second-order valence-corrected chi connectivity index (χ2v) is 4.59. The zero-order chi connectivity index (χ0) is 16.8. The molecule has 0 heterocycles. The van der Waals surface area contributed by atoms with Gasteiger partial charge in [0, 0.05) is 18.2 Å². The van der Waals surface area contributed by atoms with Crippen molar-refractivity contribution < 1.29 is 4.74 Å². The van der Waals surface area contributed by atoms with E-state index in [0.29, 0.717) is 24.0 Å². The molecule has 0 aromatic heterocycles. The summed E-state index contributed by atoms with van der Waals surface area (Å²) in [6, 6.07) is 9.27. The van der Waals surface area contributed by atoms with Gasteiger partial charge >= 0.3 is 0 Å². The third-order valence-electron chi connectivity index (χ3n) is 3.60. The normalized spacial score (nSPS) is 10.0. The lowest BCUT2D eigenvalue weighted by Crippen LogP contribution is -2.26. The van der Waals surface area contributed by atoms with Crippen LogP contribution in [0.1, 0.15) is 36.1 Å². The smallest absolute Gasteiger partial charge is 0.267 e. The lowest BCUT2D eigenvalue weighted by Gasteiger charge is -2.22. The molecule has 0 spiro atoms. The predicted molar refractivity (Wildman–Crippen MR) is 81.9 cm³/mol. The molecule has 0 bridgehead atoms. The number of nitrogens with zero attached hydrogens (tertiary/aromatic N) is 3. The minimum Gasteiger partial charge on any atom is -0.348 e. The fourth-order valence-corrected chi connectivity index (χ4v) is 2.34. The summed E-state index contributed by atoms with van der Waals surface area (Å²) in [4.78, 5) is 0. The van der Waals surface area contributed by atoms with Crippen LogP contribution in [0.15, 0.2) is 12.1 Å². The second kappa shape index (κ2) is 7.21. The van der Waals surface area contributed by atoms with Crippen LogP contribution in [0.5, 0.6) is 0 Å². The Morgan fingerprint density at radius 1 is 1.14 bits per heavy atom. The number of ether oxygens (including phenoxy) is 1. The maximum Gasteiger partial charge on any atom is 0.267 e. The van der Waals surface area contributed by atoms with Crippen molar-refractivity contribution in [1.82, 2.24) is 0 Å². The molecule has 1 rings (SSSR count). The molecule has 0 aliphatic carbocycles. The van der Waals surface area contributed by atoms with Gasteiger partial charge in [-0.2, -0.15) is 15.8 Å². The van der Waals surface area contributed by atoms with Crippen LogP contribution < -0.4 is 0 Å². The largest absolute Gasteiger partial charge is 0.348 e. The topological polar surface area (TPSA) is 104 Å². The van der Waals surface area contributed by atoms with Crippen molar-refractivity contribution in [2.45, 2.75) is 32.3 Å². The fourth-order valence-electron chi connectivity index (χ4n) is 2.34. The summed E-state index contributed by atoms with van der Waals surface area (Å²) in [5.74, 6) is 2.14. The minimum atomic E-state index is -1.67. The number of benzene rings is 1. The first kappa shape index (κ1) is 17.2. The second-order valence-electron chi connectivity index (χ2n) is 4.59. The van der Waals surface area contributed by atoms with Crippen LogP contribution in [0.3, 0.4) is 0 Å². The molecule has 5 nitrogen and oxygen atoms in total. The minimum absolute atomic E-state index is 0.134. The lowest BCUT2D eigenvalue weighted by atomic mass is 9.85. The molecule has 0 amide bonds. The van der Waals surface area contributed by atoms with Gasteiger partial charge in [0.25, 0.3) is 5.60 Å². The highest BCUT2D eigenvalue weighted by atomic mass is 16.5. The zero-order valence-corrected chi connectivity index (χ0v) is 12.8. The highest BCUT2D eigenvalue weighted by Crippen LogP contribution is 2.32. The Balaban J connectivity index is 3.80. The predicted octanol–water partition coefficient (Wildman–Crippen LogP) is 2.86. The van der Waals surface area contributed by atoms with Crippen molar-refractivity contribution in [2.75, 3.05) is 7.11 Å². The van der Waals surface area contributed by atoms with E-state index >= 15 is 0 Å². The number of hydrogen-bond acceptors (Lipinski definition) is 5. The molecule has 110 valence electrons. The van der Waals surface area contributed by atoms with Crippen LogP contribution >= 0.6 is 0 Å². The first-order valence-electron chi connectivity index (χ1n) is 6.81. The van der Waals surface area contributed by atoms with Gasteiger partial charge in [0.2, 0.25) is 0 Å². The summed E-state index contributed by atoms with van der Waals surface area (Å²) in [5.41, 5.74) is 1.08. The van der Waals surface area contributed by atoms with Gasteiger partial charge in [-0.3, -0.25) is 5.41 Å². The Morgan fingerprint density at radius 2 is 1.73 bits per heavy atom. The summed E-state index contributed by atoms with van der Waals surface area (Å²) in [6.45, 7) is 3.80. The molecule has 0 saturated heterocycles. The van der Waals surface area contributed by atoms with Crippen LogP contribution in [-0.4, -0.2) is 13.0 Å². The third-order valence-corrected chi connectivity index (χ3v) is 3.60. The summed E-state index contributed by atoms with van der Waals surface area (Å²) < 4.78 is 5.17. The first-order valence-corrected chi connectivity index (χ1v) is 6.81. The van der Waals surface area contributed by atoms with Crippen LogP contribution in [0, 0.1) is 39.4 Å². The van der Waals surface area contributed by atoms with Crippen molar-refractivity contribution in [2.24, 2.45) is 0 Å². The summed E-state index contributed by atoms with van der Waals surface area (Å²) in [7, 11) is 1.32. The summed E-state index contributed by atoms with van der Waals surface area (Å²) >= 11 is 0. The molecule has 0 aliphatic rings. The Kier molecular flexibility index (Phi) is 5.62. The highest BCUT2D eigenvalue weighted by molar-refractivity contribution is 5.97. The molecular formula is C17H16N4O. The molecule has 0 aliphatic heterocycles. The standard InChI is InChI=1S/C17H16N4O/c1-4-12-7-16(17(10-20,11-21)22-3)13(5-2)6-15(12)14(8-18)9-19/h6-7,18H,4-5H2,1-3H3. The number of aryl methyl sites for hydroxylation is 2. The van der Waals surface area contributed by atoms with Gasteiger partial charge < -0.3 is 4.74 Å². The molecule has 1 N–H and O–H groups in total. The van der Waals surface area contributed by atoms with Crippen molar-refractivity contribution in [3.8, 4) is 18.2 Å². The third kappa shape index (κ3) is 2.76. The van der Waals surface area contributed by atoms with Crippen LogP contribution in [0.4, 0.5) is 0 Å². The lowest BCUT2D eigenvalue weighted by molar-refractivity contribution is 0.0851. The fraction of sp³-hybridized carbons (Fsp3) is 0.353. The molecule has 0 atom stereocenters. The van der Waals surface area contributed by atoms with Crippen molar-refractivity contribution in [3.63, 3.8) is 0 Å². The highest BCUT2D eigenvalue weighted by Gasteiger charge is 2.35. The van der Waals surface area contributed by atoms with Gasteiger partial charge in [0.15, 0.2) is 0 Å². The zero-order valence-electron chi connectivity index (χ0n) is 12.8. The molecule has 1 aromatic carbocycles. The van der Waals surface area contributed by atoms with Crippen molar-refractivity contribution in [1.29, 1.82) is 21.2 Å². The van der Waals surface area contributed by atoms with Crippen molar-refractivity contribution in [3.05, 3.63) is 34.4 Å². The number of methoxy groups -OCH3 is 1. The molecule has 1 aromatic rings. The Bertz CT molecular complexity index is 739. The maximum absolute atomic E-state index is 9.39. The van der Waals surface area contributed by atoms with Gasteiger partial charge in [0.1, 0.15) is 23.8 Å². The summed E-state index contributed by atoms with van der Waals surface area (Å²) in [6.07, 6.45) is 1.16. The molecule has 5 heteroatoms. The summed E-state index contributed by atoms with van der Waals surface area (Å²) in [5, 5.41) is 35.1. The average Bonchev–Trinajstić information content (AvgIpc) is 2.58. The van der Waals surface area contributed by atoms with Crippen LogP contribution in [-0.2, 0) is 23.2 Å². The molecule has 22 heavy (non-hydrogen) atoms. The van der Waals surface area contributed by atoms with E-state index in [1.165, 1.54) is 7.11 Å². The molecule has 0 radical (unpaired) electrons. The maximum atomic E-state index is 9.39. The van der Waals surface area contributed by atoms with E-state index in [2.05, 4.69) is 5.87 Å². The monoisotopic (exact) mass is 292 g/mol. The van der Waals surface area contributed by atoms with Crippen LogP contribution in [0.25, 0.3) is 5.57 Å². The van der Waals surface area contributed by atoms with E-state index in [4.69, 9.17) is 15.4 Å². The van der Waals surface area contributed by atoms with E-state index in [1.54, 1.807) is 12.1 Å². The van der Waals surface area contributed by atoms with E-state index in [0.717, 1.165) is 11.1 Å².